The van der Waals surface area contributed by atoms with Crippen LogP contribution in [0.3, 0.4) is 0 Å². The van der Waals surface area contributed by atoms with Crippen molar-refractivity contribution in [3.63, 3.8) is 0 Å². The Morgan fingerprint density at radius 1 is 1.42 bits per heavy atom. The Balaban J connectivity index is 2.06. The van der Waals surface area contributed by atoms with Crippen molar-refractivity contribution in [3.05, 3.63) is 0 Å². The van der Waals surface area contributed by atoms with Crippen molar-refractivity contribution < 1.29 is 0 Å². The number of halogens is 1. The number of likely N-dealkylation sites (tertiary alicyclic amines) is 1. The maximum Gasteiger partial charge on any atom is 0.00317 e. The van der Waals surface area contributed by atoms with E-state index in [4.69, 9.17) is 0 Å². The quantitative estimate of drug-likeness (QED) is 0.534. The summed E-state index contributed by atoms with van der Waals surface area (Å²) in [5.74, 6) is 0.933. The Morgan fingerprint density at radius 3 is 2.92 bits per heavy atom. The van der Waals surface area contributed by atoms with Crippen LogP contribution in [0.5, 0.6) is 0 Å². The van der Waals surface area contributed by atoms with Gasteiger partial charge in [-0.3, -0.25) is 0 Å². The van der Waals surface area contributed by atoms with E-state index in [1.54, 1.807) is 0 Å². The van der Waals surface area contributed by atoms with Gasteiger partial charge in [0, 0.05) is 11.9 Å². The van der Waals surface area contributed by atoms with E-state index in [-0.39, 0.29) is 0 Å². The molecule has 0 aromatic carbocycles. The summed E-state index contributed by atoms with van der Waals surface area (Å²) in [6.07, 6.45) is 5.53. The van der Waals surface area contributed by atoms with E-state index < -0.39 is 0 Å². The maximum absolute atomic E-state index is 3.47. The summed E-state index contributed by atoms with van der Waals surface area (Å²) in [5.41, 5.74) is 0. The second-order valence-corrected chi connectivity index (χ2v) is 4.74. The zero-order valence-corrected chi connectivity index (χ0v) is 9.65. The lowest BCUT2D eigenvalue weighted by atomic mass is 10.0. The lowest BCUT2D eigenvalue weighted by Crippen LogP contribution is -2.34. The van der Waals surface area contributed by atoms with E-state index in [1.165, 1.54) is 45.3 Å². The minimum atomic E-state index is 0.933. The topological polar surface area (TPSA) is 3.24 Å². The van der Waals surface area contributed by atoms with Crippen molar-refractivity contribution in [2.75, 3.05) is 25.0 Å². The standard InChI is InChI=1S/C10H20BrN/c1-10-5-4-8-12(9-10)7-3-2-6-11/h10H,2-9H2,1H3. The molecule has 2 heteroatoms. The minimum Gasteiger partial charge on any atom is -0.303 e. The summed E-state index contributed by atoms with van der Waals surface area (Å²) in [5, 5.41) is 1.16. The predicted octanol–water partition coefficient (Wildman–Crippen LogP) is 2.89. The van der Waals surface area contributed by atoms with E-state index in [1.807, 2.05) is 0 Å². The van der Waals surface area contributed by atoms with Gasteiger partial charge in [-0.1, -0.05) is 22.9 Å². The third-order valence-corrected chi connectivity index (χ3v) is 3.16. The molecule has 1 saturated heterocycles. The summed E-state index contributed by atoms with van der Waals surface area (Å²) >= 11 is 3.47. The second kappa shape index (κ2) is 5.98. The smallest absolute Gasteiger partial charge is 0.00317 e. The number of nitrogens with zero attached hydrogens (tertiary/aromatic N) is 1. The molecule has 0 aromatic heterocycles. The van der Waals surface area contributed by atoms with Gasteiger partial charge in [-0.05, 0) is 44.7 Å². The number of alkyl halides is 1. The van der Waals surface area contributed by atoms with Gasteiger partial charge in [0.15, 0.2) is 0 Å². The molecule has 0 N–H and O–H groups in total. The molecule has 72 valence electrons. The normalized spacial score (nSPS) is 26.0. The first-order valence-corrected chi connectivity index (χ1v) is 6.23. The third kappa shape index (κ3) is 3.90. The van der Waals surface area contributed by atoms with Gasteiger partial charge >= 0.3 is 0 Å². The van der Waals surface area contributed by atoms with E-state index in [0.717, 1.165) is 11.2 Å². The maximum atomic E-state index is 3.47. The molecule has 1 unspecified atom stereocenters. The first-order chi connectivity index (χ1) is 5.83. The van der Waals surface area contributed by atoms with Crippen molar-refractivity contribution in [3.8, 4) is 0 Å². The summed E-state index contributed by atoms with van der Waals surface area (Å²) in [7, 11) is 0. The molecule has 1 aliphatic heterocycles. The molecule has 1 nitrogen and oxygen atoms in total. The highest BCUT2D eigenvalue weighted by molar-refractivity contribution is 9.09. The van der Waals surface area contributed by atoms with Crippen LogP contribution in [0.4, 0.5) is 0 Å². The number of unbranched alkanes of at least 4 members (excludes halogenated alkanes) is 1. The van der Waals surface area contributed by atoms with Crippen LogP contribution in [0.25, 0.3) is 0 Å². The molecular weight excluding hydrogens is 214 g/mol. The van der Waals surface area contributed by atoms with Crippen LogP contribution in [-0.2, 0) is 0 Å². The molecule has 0 radical (unpaired) electrons. The molecule has 0 aromatic rings. The molecule has 1 aliphatic rings. The highest BCUT2D eigenvalue weighted by Crippen LogP contribution is 2.15. The average Bonchev–Trinajstić information content (AvgIpc) is 2.05. The Morgan fingerprint density at radius 2 is 2.25 bits per heavy atom. The lowest BCUT2D eigenvalue weighted by molar-refractivity contribution is 0.182. The molecule has 12 heavy (non-hydrogen) atoms. The monoisotopic (exact) mass is 233 g/mol. The third-order valence-electron chi connectivity index (χ3n) is 2.60. The van der Waals surface area contributed by atoms with E-state index in [9.17, 15) is 0 Å². The molecule has 1 fully saturated rings. The zero-order chi connectivity index (χ0) is 8.81. The van der Waals surface area contributed by atoms with Gasteiger partial charge in [0.05, 0.1) is 0 Å². The van der Waals surface area contributed by atoms with Crippen LogP contribution in [0.2, 0.25) is 0 Å². The highest BCUT2D eigenvalue weighted by Gasteiger charge is 2.14. The lowest BCUT2D eigenvalue weighted by Gasteiger charge is -2.30. The van der Waals surface area contributed by atoms with E-state index >= 15 is 0 Å². The van der Waals surface area contributed by atoms with Gasteiger partial charge in [0.25, 0.3) is 0 Å². The summed E-state index contributed by atoms with van der Waals surface area (Å²) < 4.78 is 0. The molecular formula is C10H20BrN. The van der Waals surface area contributed by atoms with Crippen molar-refractivity contribution in [2.24, 2.45) is 5.92 Å². The Bertz CT molecular complexity index is 116. The van der Waals surface area contributed by atoms with Crippen LogP contribution in [0.15, 0.2) is 0 Å². The fraction of sp³-hybridized carbons (Fsp3) is 1.00. The van der Waals surface area contributed by atoms with Crippen LogP contribution in [0, 0.1) is 5.92 Å². The summed E-state index contributed by atoms with van der Waals surface area (Å²) in [4.78, 5) is 2.62. The average molecular weight is 234 g/mol. The van der Waals surface area contributed by atoms with Crippen LogP contribution < -0.4 is 0 Å². The van der Waals surface area contributed by atoms with E-state index in [0.29, 0.717) is 0 Å². The minimum absolute atomic E-state index is 0.933. The fourth-order valence-corrected chi connectivity index (χ4v) is 2.32. The van der Waals surface area contributed by atoms with Crippen molar-refractivity contribution in [1.29, 1.82) is 0 Å². The largest absolute Gasteiger partial charge is 0.303 e. The Kier molecular flexibility index (Phi) is 5.24. The fourth-order valence-electron chi connectivity index (χ4n) is 1.92. The van der Waals surface area contributed by atoms with Gasteiger partial charge < -0.3 is 4.90 Å². The number of piperidine rings is 1. The molecule has 0 saturated carbocycles. The molecule has 0 amide bonds. The molecule has 1 rings (SSSR count). The number of hydrogen-bond donors (Lipinski definition) is 0. The van der Waals surface area contributed by atoms with Gasteiger partial charge in [0.1, 0.15) is 0 Å². The second-order valence-electron chi connectivity index (χ2n) is 3.94. The molecule has 0 bridgehead atoms. The zero-order valence-electron chi connectivity index (χ0n) is 8.06. The summed E-state index contributed by atoms with van der Waals surface area (Å²) in [6.45, 7) is 6.36. The van der Waals surface area contributed by atoms with Crippen LogP contribution >= 0.6 is 15.9 Å². The van der Waals surface area contributed by atoms with Gasteiger partial charge in [-0.25, -0.2) is 0 Å². The molecule has 1 atom stereocenters. The number of rotatable bonds is 4. The van der Waals surface area contributed by atoms with Crippen LogP contribution in [0.1, 0.15) is 32.6 Å². The van der Waals surface area contributed by atoms with Gasteiger partial charge in [-0.2, -0.15) is 0 Å². The number of hydrogen-bond acceptors (Lipinski definition) is 1. The van der Waals surface area contributed by atoms with Crippen molar-refractivity contribution in [2.45, 2.75) is 32.6 Å². The Labute approximate surface area is 84.6 Å². The molecule has 1 heterocycles. The van der Waals surface area contributed by atoms with Crippen molar-refractivity contribution in [1.82, 2.24) is 4.90 Å². The highest BCUT2D eigenvalue weighted by atomic mass is 79.9. The van der Waals surface area contributed by atoms with Crippen LogP contribution in [-0.4, -0.2) is 29.9 Å². The first-order valence-electron chi connectivity index (χ1n) is 5.11. The Hall–Kier alpha value is 0.440. The summed E-state index contributed by atoms with van der Waals surface area (Å²) in [6, 6.07) is 0. The van der Waals surface area contributed by atoms with Gasteiger partial charge in [-0.15, -0.1) is 0 Å². The first kappa shape index (κ1) is 10.5. The predicted molar refractivity (Wildman–Crippen MR) is 57.9 cm³/mol. The van der Waals surface area contributed by atoms with Gasteiger partial charge in [0.2, 0.25) is 0 Å². The molecule has 0 spiro atoms. The van der Waals surface area contributed by atoms with Crippen molar-refractivity contribution >= 4 is 15.9 Å². The SMILES string of the molecule is CC1CCCN(CCCCBr)C1. The van der Waals surface area contributed by atoms with E-state index in [2.05, 4.69) is 27.8 Å². The molecule has 0 aliphatic carbocycles.